The fourth-order valence-corrected chi connectivity index (χ4v) is 2.10. The smallest absolute Gasteiger partial charge is 0.258 e. The molecule has 0 aliphatic heterocycles. The molecule has 0 unspecified atom stereocenters. The van der Waals surface area contributed by atoms with Gasteiger partial charge < -0.3 is 15.4 Å². The molecule has 3 N–H and O–H groups in total. The van der Waals surface area contributed by atoms with Crippen molar-refractivity contribution in [1.82, 2.24) is 15.1 Å². The molecule has 20 heavy (non-hydrogen) atoms. The number of phenols is 1. The van der Waals surface area contributed by atoms with Gasteiger partial charge in [0, 0.05) is 16.2 Å². The predicted octanol–water partition coefficient (Wildman–Crippen LogP) is 2.85. The molecule has 0 aliphatic rings. The van der Waals surface area contributed by atoms with Crippen LogP contribution in [0.1, 0.15) is 0 Å². The fourth-order valence-electron chi connectivity index (χ4n) is 1.66. The Bertz CT molecular complexity index is 773. The average molecular weight is 333 g/mol. The highest BCUT2D eigenvalue weighted by atomic mass is 79.9. The molecule has 0 radical (unpaired) electrons. The molecule has 0 spiro atoms. The van der Waals surface area contributed by atoms with Crippen molar-refractivity contribution >= 4 is 21.6 Å². The molecule has 3 aromatic rings. The lowest BCUT2D eigenvalue weighted by atomic mass is 10.2. The summed E-state index contributed by atoms with van der Waals surface area (Å²) in [6, 6.07) is 8.38. The second-order valence-electron chi connectivity index (χ2n) is 4.03. The van der Waals surface area contributed by atoms with Crippen LogP contribution in [0.15, 0.2) is 45.5 Å². The summed E-state index contributed by atoms with van der Waals surface area (Å²) in [5, 5.41) is 13.5. The highest BCUT2D eigenvalue weighted by molar-refractivity contribution is 9.10. The minimum atomic E-state index is -0.0266. The number of nitrogens with two attached hydrogens (primary N) is 1. The van der Waals surface area contributed by atoms with Gasteiger partial charge in [0.25, 0.3) is 5.89 Å². The zero-order chi connectivity index (χ0) is 14.1. The van der Waals surface area contributed by atoms with Gasteiger partial charge in [-0.15, -0.1) is 0 Å². The highest BCUT2D eigenvalue weighted by Gasteiger charge is 2.14. The number of pyridine rings is 1. The minimum Gasteiger partial charge on any atom is -0.506 e. The van der Waals surface area contributed by atoms with Crippen LogP contribution >= 0.6 is 15.9 Å². The van der Waals surface area contributed by atoms with E-state index in [1.165, 1.54) is 6.07 Å². The van der Waals surface area contributed by atoms with Crippen molar-refractivity contribution < 1.29 is 9.63 Å². The van der Waals surface area contributed by atoms with Crippen molar-refractivity contribution in [3.63, 3.8) is 0 Å². The standard InChI is InChI=1S/C13H9BrN4O2/c14-8-2-1-5-16-11(8)12-17-13(20-18-12)7-3-4-9(15)10(19)6-7/h1-6,19H,15H2. The van der Waals surface area contributed by atoms with Crippen LogP contribution in [0.5, 0.6) is 5.75 Å². The SMILES string of the molecule is Nc1ccc(-c2nc(-c3ncccc3Br)no2)cc1O. The third-order valence-electron chi connectivity index (χ3n) is 2.67. The number of halogens is 1. The summed E-state index contributed by atoms with van der Waals surface area (Å²) in [5.41, 5.74) is 7.01. The molecular weight excluding hydrogens is 324 g/mol. The van der Waals surface area contributed by atoms with Gasteiger partial charge in [0.05, 0.1) is 5.69 Å². The molecule has 0 saturated heterocycles. The number of aromatic hydroxyl groups is 1. The van der Waals surface area contributed by atoms with Crippen molar-refractivity contribution in [1.29, 1.82) is 0 Å². The monoisotopic (exact) mass is 332 g/mol. The van der Waals surface area contributed by atoms with E-state index in [0.717, 1.165) is 4.47 Å². The van der Waals surface area contributed by atoms with Crippen LogP contribution in [-0.2, 0) is 0 Å². The fraction of sp³-hybridized carbons (Fsp3) is 0. The molecule has 6 nitrogen and oxygen atoms in total. The van der Waals surface area contributed by atoms with Gasteiger partial charge in [-0.3, -0.25) is 4.98 Å². The summed E-state index contributed by atoms with van der Waals surface area (Å²) in [6.45, 7) is 0. The second-order valence-corrected chi connectivity index (χ2v) is 4.88. The molecule has 0 saturated carbocycles. The molecule has 0 bridgehead atoms. The van der Waals surface area contributed by atoms with Crippen LogP contribution in [-0.4, -0.2) is 20.2 Å². The minimum absolute atomic E-state index is 0.0266. The predicted molar refractivity (Wildman–Crippen MR) is 76.7 cm³/mol. The molecule has 2 aromatic heterocycles. The highest BCUT2D eigenvalue weighted by Crippen LogP contribution is 2.29. The first-order valence-electron chi connectivity index (χ1n) is 5.68. The number of anilines is 1. The molecule has 100 valence electrons. The Kier molecular flexibility index (Phi) is 3.11. The summed E-state index contributed by atoms with van der Waals surface area (Å²) >= 11 is 3.38. The Morgan fingerprint density at radius 1 is 1.25 bits per heavy atom. The van der Waals surface area contributed by atoms with E-state index in [-0.39, 0.29) is 11.6 Å². The van der Waals surface area contributed by atoms with E-state index in [2.05, 4.69) is 31.1 Å². The lowest BCUT2D eigenvalue weighted by Gasteiger charge is -1.99. The summed E-state index contributed by atoms with van der Waals surface area (Å²) in [4.78, 5) is 8.45. The molecular formula is C13H9BrN4O2. The maximum Gasteiger partial charge on any atom is 0.258 e. The van der Waals surface area contributed by atoms with Gasteiger partial charge in [-0.25, -0.2) is 0 Å². The Balaban J connectivity index is 2.02. The third kappa shape index (κ3) is 2.23. The van der Waals surface area contributed by atoms with E-state index in [1.54, 1.807) is 24.4 Å². The second kappa shape index (κ2) is 4.93. The van der Waals surface area contributed by atoms with Crippen molar-refractivity contribution in [2.75, 3.05) is 5.73 Å². The Labute approximate surface area is 122 Å². The van der Waals surface area contributed by atoms with Crippen molar-refractivity contribution in [2.45, 2.75) is 0 Å². The topological polar surface area (TPSA) is 98.1 Å². The van der Waals surface area contributed by atoms with Crippen LogP contribution < -0.4 is 5.73 Å². The van der Waals surface area contributed by atoms with E-state index in [9.17, 15) is 5.11 Å². The normalized spacial score (nSPS) is 10.7. The molecule has 1 aromatic carbocycles. The summed E-state index contributed by atoms with van der Waals surface area (Å²) in [5.74, 6) is 0.623. The summed E-state index contributed by atoms with van der Waals surface area (Å²) < 4.78 is 5.95. The van der Waals surface area contributed by atoms with Gasteiger partial charge in [-0.05, 0) is 46.3 Å². The summed E-state index contributed by atoms with van der Waals surface area (Å²) in [6.07, 6.45) is 1.64. The molecule has 7 heteroatoms. The number of hydrogen-bond donors (Lipinski definition) is 2. The number of aromatic nitrogens is 3. The first kappa shape index (κ1) is 12.6. The van der Waals surface area contributed by atoms with Crippen molar-refractivity contribution in [3.05, 3.63) is 41.0 Å². The third-order valence-corrected chi connectivity index (χ3v) is 3.31. The van der Waals surface area contributed by atoms with Gasteiger partial charge in [0.1, 0.15) is 11.4 Å². The van der Waals surface area contributed by atoms with Crippen LogP contribution in [0, 0.1) is 0 Å². The first-order valence-corrected chi connectivity index (χ1v) is 6.48. The zero-order valence-corrected chi connectivity index (χ0v) is 11.7. The maximum atomic E-state index is 9.59. The van der Waals surface area contributed by atoms with Crippen molar-refractivity contribution in [3.8, 4) is 28.7 Å². The van der Waals surface area contributed by atoms with E-state index >= 15 is 0 Å². The zero-order valence-electron chi connectivity index (χ0n) is 10.1. The molecule has 0 amide bonds. The van der Waals surface area contributed by atoms with Gasteiger partial charge in [-0.1, -0.05) is 5.16 Å². The lowest BCUT2D eigenvalue weighted by Crippen LogP contribution is -1.88. The Morgan fingerprint density at radius 2 is 2.10 bits per heavy atom. The largest absolute Gasteiger partial charge is 0.506 e. The number of benzene rings is 1. The van der Waals surface area contributed by atoms with Gasteiger partial charge in [-0.2, -0.15) is 4.98 Å². The van der Waals surface area contributed by atoms with Crippen LogP contribution in [0.25, 0.3) is 23.0 Å². The van der Waals surface area contributed by atoms with E-state index in [0.29, 0.717) is 22.8 Å². The van der Waals surface area contributed by atoms with Crippen LogP contribution in [0.3, 0.4) is 0 Å². The van der Waals surface area contributed by atoms with Gasteiger partial charge in [0.2, 0.25) is 5.82 Å². The van der Waals surface area contributed by atoms with E-state index in [4.69, 9.17) is 10.3 Å². The summed E-state index contributed by atoms with van der Waals surface area (Å²) in [7, 11) is 0. The van der Waals surface area contributed by atoms with Gasteiger partial charge >= 0.3 is 0 Å². The number of nitrogens with zero attached hydrogens (tertiary/aromatic N) is 3. The molecule has 0 fully saturated rings. The van der Waals surface area contributed by atoms with Crippen molar-refractivity contribution in [2.24, 2.45) is 0 Å². The van der Waals surface area contributed by atoms with E-state index < -0.39 is 0 Å². The Hall–Kier alpha value is -2.41. The maximum absolute atomic E-state index is 9.59. The molecule has 2 heterocycles. The Morgan fingerprint density at radius 3 is 2.85 bits per heavy atom. The van der Waals surface area contributed by atoms with Crippen LogP contribution in [0.2, 0.25) is 0 Å². The number of nitrogen functional groups attached to an aromatic ring is 1. The molecule has 0 aliphatic carbocycles. The van der Waals surface area contributed by atoms with Crippen LogP contribution in [0.4, 0.5) is 5.69 Å². The molecule has 3 rings (SSSR count). The number of rotatable bonds is 2. The van der Waals surface area contributed by atoms with E-state index in [1.807, 2.05) is 6.07 Å². The molecule has 0 atom stereocenters. The average Bonchev–Trinajstić information content (AvgIpc) is 2.92. The number of hydrogen-bond acceptors (Lipinski definition) is 6. The van der Waals surface area contributed by atoms with Gasteiger partial charge in [0.15, 0.2) is 0 Å². The number of phenolic OH excluding ortho intramolecular Hbond substituents is 1. The lowest BCUT2D eigenvalue weighted by molar-refractivity contribution is 0.431. The quantitative estimate of drug-likeness (QED) is 0.553. The first-order chi connectivity index (χ1) is 9.65.